The fourth-order valence-electron chi connectivity index (χ4n) is 2.24. The van der Waals surface area contributed by atoms with Crippen molar-refractivity contribution in [2.24, 2.45) is 5.41 Å². The smallest absolute Gasteiger partial charge is 0.311 e. The SMILES string of the molecule is CCCC1(CNc2c(Br)cncc2[N+](=O)[O-])CC1. The summed E-state index contributed by atoms with van der Waals surface area (Å²) in [4.78, 5) is 14.4. The number of nitrogens with zero attached hydrogens (tertiary/aromatic N) is 2. The molecule has 98 valence electrons. The van der Waals surface area contributed by atoms with Gasteiger partial charge in [0.1, 0.15) is 11.9 Å². The van der Waals surface area contributed by atoms with E-state index in [2.05, 4.69) is 33.2 Å². The van der Waals surface area contributed by atoms with Crippen LogP contribution in [0.3, 0.4) is 0 Å². The molecule has 0 radical (unpaired) electrons. The molecule has 1 heterocycles. The average Bonchev–Trinajstić information content (AvgIpc) is 3.08. The molecular weight excluding hydrogens is 298 g/mol. The third-order valence-electron chi connectivity index (χ3n) is 3.45. The Kier molecular flexibility index (Phi) is 3.85. The van der Waals surface area contributed by atoms with E-state index < -0.39 is 4.92 Å². The van der Waals surface area contributed by atoms with Crippen molar-refractivity contribution in [1.82, 2.24) is 4.98 Å². The van der Waals surface area contributed by atoms with E-state index in [9.17, 15) is 10.1 Å². The van der Waals surface area contributed by atoms with E-state index >= 15 is 0 Å². The normalized spacial score (nSPS) is 16.3. The quantitative estimate of drug-likeness (QED) is 0.641. The molecule has 1 aromatic rings. The molecule has 1 saturated carbocycles. The van der Waals surface area contributed by atoms with Gasteiger partial charge in [-0.25, -0.2) is 0 Å². The molecule has 1 aromatic heterocycles. The van der Waals surface area contributed by atoms with E-state index in [1.165, 1.54) is 25.5 Å². The van der Waals surface area contributed by atoms with Crippen LogP contribution in [-0.2, 0) is 0 Å². The van der Waals surface area contributed by atoms with E-state index in [1.807, 2.05) is 0 Å². The highest BCUT2D eigenvalue weighted by Gasteiger charge is 2.41. The van der Waals surface area contributed by atoms with E-state index in [0.717, 1.165) is 13.0 Å². The molecule has 6 heteroatoms. The standard InChI is InChI=1S/C12H16BrN3O2/c1-2-3-12(4-5-12)8-15-11-9(13)6-14-7-10(11)16(17)18/h6-7H,2-5,8H2,1H3,(H,14,15). The zero-order valence-corrected chi connectivity index (χ0v) is 11.9. The molecule has 0 amide bonds. The Morgan fingerprint density at radius 1 is 1.56 bits per heavy atom. The van der Waals surface area contributed by atoms with Crippen LogP contribution in [0.2, 0.25) is 0 Å². The Morgan fingerprint density at radius 2 is 2.28 bits per heavy atom. The number of hydrogen-bond donors (Lipinski definition) is 1. The van der Waals surface area contributed by atoms with Crippen LogP contribution in [0.1, 0.15) is 32.6 Å². The molecule has 2 rings (SSSR count). The fraction of sp³-hybridized carbons (Fsp3) is 0.583. The van der Waals surface area contributed by atoms with Gasteiger partial charge in [-0.3, -0.25) is 15.1 Å². The lowest BCUT2D eigenvalue weighted by Gasteiger charge is -2.16. The lowest BCUT2D eigenvalue weighted by Crippen LogP contribution is -2.16. The maximum atomic E-state index is 10.9. The van der Waals surface area contributed by atoms with Gasteiger partial charge in [0.2, 0.25) is 0 Å². The minimum Gasteiger partial charge on any atom is -0.378 e. The first-order chi connectivity index (χ1) is 8.58. The summed E-state index contributed by atoms with van der Waals surface area (Å²) >= 11 is 3.31. The first-order valence-electron chi connectivity index (χ1n) is 6.10. The molecule has 18 heavy (non-hydrogen) atoms. The molecule has 5 nitrogen and oxygen atoms in total. The van der Waals surface area contributed by atoms with Crippen LogP contribution in [-0.4, -0.2) is 16.5 Å². The second kappa shape index (κ2) is 5.22. The van der Waals surface area contributed by atoms with Crippen molar-refractivity contribution in [3.63, 3.8) is 0 Å². The highest BCUT2D eigenvalue weighted by Crippen LogP contribution is 2.50. The monoisotopic (exact) mass is 313 g/mol. The molecule has 0 bridgehead atoms. The number of halogens is 1. The zero-order chi connectivity index (χ0) is 13.2. The molecule has 0 aliphatic heterocycles. The van der Waals surface area contributed by atoms with Gasteiger partial charge in [0.25, 0.3) is 0 Å². The maximum absolute atomic E-state index is 10.9. The lowest BCUT2D eigenvalue weighted by molar-refractivity contribution is -0.384. The molecule has 1 aliphatic rings. The summed E-state index contributed by atoms with van der Waals surface area (Å²) in [6.07, 6.45) is 7.62. The second-order valence-electron chi connectivity index (χ2n) is 4.88. The van der Waals surface area contributed by atoms with E-state index in [4.69, 9.17) is 0 Å². The number of anilines is 1. The highest BCUT2D eigenvalue weighted by molar-refractivity contribution is 9.10. The van der Waals surface area contributed by atoms with Gasteiger partial charge in [0.05, 0.1) is 9.40 Å². The van der Waals surface area contributed by atoms with E-state index in [-0.39, 0.29) is 5.69 Å². The van der Waals surface area contributed by atoms with Crippen molar-refractivity contribution < 1.29 is 4.92 Å². The number of nitrogens with one attached hydrogen (secondary N) is 1. The molecule has 0 spiro atoms. The van der Waals surface area contributed by atoms with Gasteiger partial charge in [-0.05, 0) is 40.6 Å². The second-order valence-corrected chi connectivity index (χ2v) is 5.73. The summed E-state index contributed by atoms with van der Waals surface area (Å²) in [7, 11) is 0. The predicted octanol–water partition coefficient (Wildman–Crippen LogP) is 3.74. The van der Waals surface area contributed by atoms with Crippen LogP contribution in [0.5, 0.6) is 0 Å². The Balaban J connectivity index is 2.11. The minimum absolute atomic E-state index is 0.0247. The molecule has 0 aromatic carbocycles. The van der Waals surface area contributed by atoms with Crippen LogP contribution < -0.4 is 5.32 Å². The first-order valence-corrected chi connectivity index (χ1v) is 6.89. The Bertz CT molecular complexity index is 461. The average molecular weight is 314 g/mol. The summed E-state index contributed by atoms with van der Waals surface area (Å²) < 4.78 is 0.643. The summed E-state index contributed by atoms with van der Waals surface area (Å²) in [6, 6.07) is 0. The highest BCUT2D eigenvalue weighted by atomic mass is 79.9. The largest absolute Gasteiger partial charge is 0.378 e. The van der Waals surface area contributed by atoms with Crippen molar-refractivity contribution in [2.75, 3.05) is 11.9 Å². The first kappa shape index (κ1) is 13.3. The third-order valence-corrected chi connectivity index (χ3v) is 4.06. The summed E-state index contributed by atoms with van der Waals surface area (Å²) in [5, 5.41) is 14.2. The molecule has 1 fully saturated rings. The topological polar surface area (TPSA) is 68.1 Å². The van der Waals surface area contributed by atoms with Crippen molar-refractivity contribution in [1.29, 1.82) is 0 Å². The van der Waals surface area contributed by atoms with E-state index in [1.54, 1.807) is 6.20 Å². The molecular formula is C12H16BrN3O2. The fourth-order valence-corrected chi connectivity index (χ4v) is 2.70. The van der Waals surface area contributed by atoms with Gasteiger partial charge in [-0.1, -0.05) is 13.3 Å². The molecule has 0 saturated heterocycles. The van der Waals surface area contributed by atoms with Gasteiger partial charge in [-0.2, -0.15) is 0 Å². The van der Waals surface area contributed by atoms with Crippen LogP contribution in [0, 0.1) is 15.5 Å². The number of nitro groups is 1. The third kappa shape index (κ3) is 2.80. The predicted molar refractivity (Wildman–Crippen MR) is 73.7 cm³/mol. The van der Waals surface area contributed by atoms with Crippen LogP contribution in [0.25, 0.3) is 0 Å². The maximum Gasteiger partial charge on any atom is 0.311 e. The molecule has 1 aliphatic carbocycles. The number of pyridine rings is 1. The van der Waals surface area contributed by atoms with Crippen LogP contribution in [0.15, 0.2) is 16.9 Å². The van der Waals surface area contributed by atoms with Crippen molar-refractivity contribution >= 4 is 27.3 Å². The van der Waals surface area contributed by atoms with E-state index in [0.29, 0.717) is 15.6 Å². The van der Waals surface area contributed by atoms with Crippen molar-refractivity contribution in [3.8, 4) is 0 Å². The summed E-state index contributed by atoms with van der Waals surface area (Å²) in [5.41, 5.74) is 0.916. The number of rotatable bonds is 6. The summed E-state index contributed by atoms with van der Waals surface area (Å²) in [6.45, 7) is 2.97. The van der Waals surface area contributed by atoms with Gasteiger partial charge < -0.3 is 5.32 Å². The molecule has 0 unspecified atom stereocenters. The van der Waals surface area contributed by atoms with Gasteiger partial charge in [0.15, 0.2) is 0 Å². The van der Waals surface area contributed by atoms with Crippen LogP contribution >= 0.6 is 15.9 Å². The Labute approximate surface area is 114 Å². The van der Waals surface area contributed by atoms with Crippen molar-refractivity contribution in [2.45, 2.75) is 32.6 Å². The number of aromatic nitrogens is 1. The molecule has 1 N–H and O–H groups in total. The van der Waals surface area contributed by atoms with Crippen LogP contribution in [0.4, 0.5) is 11.4 Å². The molecule has 0 atom stereocenters. The lowest BCUT2D eigenvalue weighted by atomic mass is 10.0. The Hall–Kier alpha value is -1.17. The van der Waals surface area contributed by atoms with Gasteiger partial charge in [-0.15, -0.1) is 0 Å². The van der Waals surface area contributed by atoms with Gasteiger partial charge >= 0.3 is 5.69 Å². The minimum atomic E-state index is -0.403. The zero-order valence-electron chi connectivity index (χ0n) is 10.3. The summed E-state index contributed by atoms with van der Waals surface area (Å²) in [5.74, 6) is 0. The Morgan fingerprint density at radius 3 is 2.83 bits per heavy atom. The van der Waals surface area contributed by atoms with Crippen molar-refractivity contribution in [3.05, 3.63) is 27.0 Å². The number of hydrogen-bond acceptors (Lipinski definition) is 4. The van der Waals surface area contributed by atoms with Gasteiger partial charge in [0, 0.05) is 12.7 Å².